The van der Waals surface area contributed by atoms with E-state index in [1.165, 1.54) is 4.90 Å². The van der Waals surface area contributed by atoms with Crippen LogP contribution in [-0.2, 0) is 25.5 Å². The number of carbonyl (C=O) groups excluding carboxylic acids is 3. The van der Waals surface area contributed by atoms with Gasteiger partial charge < -0.3 is 9.84 Å². The summed E-state index contributed by atoms with van der Waals surface area (Å²) in [5.74, 6) is -1.86. The summed E-state index contributed by atoms with van der Waals surface area (Å²) >= 11 is 0. The lowest BCUT2D eigenvalue weighted by Crippen LogP contribution is -2.32. The molecule has 3 rings (SSSR count). The van der Waals surface area contributed by atoms with Crippen LogP contribution >= 0.6 is 0 Å². The molecular weight excluding hydrogens is 408 g/mol. The fourth-order valence-electron chi connectivity index (χ4n) is 3.61. The molecule has 2 aromatic rings. The normalized spacial score (nSPS) is 16.6. The number of benzene rings is 1. The van der Waals surface area contributed by atoms with E-state index in [2.05, 4.69) is 4.98 Å². The molecule has 0 saturated carbocycles. The summed E-state index contributed by atoms with van der Waals surface area (Å²) in [5, 5.41) is 10.7. The Morgan fingerprint density at radius 3 is 2.34 bits per heavy atom. The summed E-state index contributed by atoms with van der Waals surface area (Å²) in [4.78, 5) is 43.7. The van der Waals surface area contributed by atoms with E-state index in [4.69, 9.17) is 4.74 Å². The number of aliphatic hydroxyl groups excluding tert-OH is 1. The van der Waals surface area contributed by atoms with Crippen molar-refractivity contribution >= 4 is 23.3 Å². The second-order valence-electron chi connectivity index (χ2n) is 9.09. The average molecular weight is 437 g/mol. The van der Waals surface area contributed by atoms with Crippen LogP contribution < -0.4 is 4.90 Å². The Bertz CT molecular complexity index is 1050. The van der Waals surface area contributed by atoms with E-state index in [9.17, 15) is 19.5 Å². The minimum atomic E-state index is -0.806. The van der Waals surface area contributed by atoms with Crippen molar-refractivity contribution in [2.24, 2.45) is 5.41 Å². The maximum Gasteiger partial charge on any atom is 0.310 e. The van der Waals surface area contributed by atoms with Gasteiger partial charge in [0.15, 0.2) is 11.5 Å². The molecule has 0 fully saturated rings. The number of rotatable bonds is 6. The van der Waals surface area contributed by atoms with Gasteiger partial charge in [0.2, 0.25) is 0 Å². The highest BCUT2D eigenvalue weighted by molar-refractivity contribution is 6.17. The van der Waals surface area contributed by atoms with E-state index in [0.29, 0.717) is 11.3 Å². The van der Waals surface area contributed by atoms with Crippen LogP contribution in [0.1, 0.15) is 51.8 Å². The number of pyridine rings is 1. The van der Waals surface area contributed by atoms with Crippen molar-refractivity contribution in [3.8, 4) is 0 Å². The summed E-state index contributed by atoms with van der Waals surface area (Å²) < 4.78 is 5.17. The van der Waals surface area contributed by atoms with Crippen LogP contribution in [-0.4, -0.2) is 33.9 Å². The predicted octanol–water partition coefficient (Wildman–Crippen LogP) is 4.09. The zero-order chi connectivity index (χ0) is 23.6. The Balaban J connectivity index is 1.99. The standard InChI is InChI=1S/C25H28N2O5/c1-15(2)32-19(28)13-16-8-10-18(11-9-16)27-21(17-7-6-12-26-14-17)20(22(29)24(27)31)23(30)25(3,4)5/h6-12,14-15,21,29H,13H2,1-5H3. The average Bonchev–Trinajstić information content (AvgIpc) is 2.98. The van der Waals surface area contributed by atoms with Gasteiger partial charge in [0.05, 0.1) is 24.1 Å². The third-order valence-electron chi connectivity index (χ3n) is 5.06. The molecule has 0 aliphatic carbocycles. The molecule has 0 radical (unpaired) electrons. The van der Waals surface area contributed by atoms with E-state index < -0.39 is 23.1 Å². The van der Waals surface area contributed by atoms with Crippen LogP contribution in [0.25, 0.3) is 0 Å². The second kappa shape index (κ2) is 8.94. The van der Waals surface area contributed by atoms with Crippen LogP contribution in [0.4, 0.5) is 5.69 Å². The Kier molecular flexibility index (Phi) is 6.48. The van der Waals surface area contributed by atoms with Crippen molar-refractivity contribution in [3.63, 3.8) is 0 Å². The van der Waals surface area contributed by atoms with Crippen LogP contribution in [0, 0.1) is 5.41 Å². The molecule has 32 heavy (non-hydrogen) atoms. The molecule has 1 aliphatic rings. The van der Waals surface area contributed by atoms with Crippen molar-refractivity contribution in [1.82, 2.24) is 4.98 Å². The number of esters is 1. The molecule has 0 saturated heterocycles. The van der Waals surface area contributed by atoms with E-state index in [-0.39, 0.29) is 29.9 Å². The zero-order valence-corrected chi connectivity index (χ0v) is 19.0. The third-order valence-corrected chi connectivity index (χ3v) is 5.06. The van der Waals surface area contributed by atoms with Gasteiger partial charge in [0.1, 0.15) is 0 Å². The van der Waals surface area contributed by atoms with Gasteiger partial charge in [-0.05, 0) is 43.2 Å². The lowest BCUT2D eigenvalue weighted by Gasteiger charge is -2.28. The van der Waals surface area contributed by atoms with Gasteiger partial charge in [0, 0.05) is 23.5 Å². The Morgan fingerprint density at radius 1 is 1.16 bits per heavy atom. The maximum atomic E-state index is 13.2. The first-order chi connectivity index (χ1) is 15.0. The molecule has 7 heteroatoms. The quantitative estimate of drug-likeness (QED) is 0.685. The van der Waals surface area contributed by atoms with Gasteiger partial charge in [-0.25, -0.2) is 0 Å². The fraction of sp³-hybridized carbons (Fsp3) is 0.360. The minimum absolute atomic E-state index is 0.0556. The molecule has 0 bridgehead atoms. The lowest BCUT2D eigenvalue weighted by atomic mass is 9.82. The van der Waals surface area contributed by atoms with Gasteiger partial charge in [-0.3, -0.25) is 24.3 Å². The monoisotopic (exact) mass is 436 g/mol. The Hall–Kier alpha value is -3.48. The van der Waals surface area contributed by atoms with Crippen LogP contribution in [0.15, 0.2) is 60.1 Å². The Labute approximate surface area is 187 Å². The molecule has 1 unspecified atom stereocenters. The molecule has 1 aromatic heterocycles. The molecule has 1 aliphatic heterocycles. The van der Waals surface area contributed by atoms with Gasteiger partial charge in [0.25, 0.3) is 5.91 Å². The molecule has 1 atom stereocenters. The summed E-state index contributed by atoms with van der Waals surface area (Å²) in [6.07, 6.45) is 3.09. The highest BCUT2D eigenvalue weighted by atomic mass is 16.5. The highest BCUT2D eigenvalue weighted by Gasteiger charge is 2.46. The first-order valence-electron chi connectivity index (χ1n) is 10.5. The van der Waals surface area contributed by atoms with Gasteiger partial charge >= 0.3 is 5.97 Å². The molecule has 1 amide bonds. The van der Waals surface area contributed by atoms with Crippen LogP contribution in [0.5, 0.6) is 0 Å². The summed E-state index contributed by atoms with van der Waals surface area (Å²) in [5.41, 5.74) is 1.10. The third kappa shape index (κ3) is 4.72. The topological polar surface area (TPSA) is 96.8 Å². The number of ketones is 1. The van der Waals surface area contributed by atoms with E-state index in [1.54, 1.807) is 83.4 Å². The zero-order valence-electron chi connectivity index (χ0n) is 19.0. The fourth-order valence-corrected chi connectivity index (χ4v) is 3.61. The number of anilines is 1. The van der Waals surface area contributed by atoms with Gasteiger partial charge in [-0.1, -0.05) is 39.0 Å². The van der Waals surface area contributed by atoms with Crippen molar-refractivity contribution in [2.75, 3.05) is 4.90 Å². The van der Waals surface area contributed by atoms with Crippen molar-refractivity contribution in [3.05, 3.63) is 71.3 Å². The molecule has 1 N–H and O–H groups in total. The number of aliphatic hydroxyl groups is 1. The highest BCUT2D eigenvalue weighted by Crippen LogP contribution is 2.43. The molecular formula is C25H28N2O5. The number of carbonyl (C=O) groups is 3. The van der Waals surface area contributed by atoms with Gasteiger partial charge in [-0.15, -0.1) is 0 Å². The van der Waals surface area contributed by atoms with E-state index in [0.717, 1.165) is 5.56 Å². The Morgan fingerprint density at radius 2 is 1.81 bits per heavy atom. The minimum Gasteiger partial charge on any atom is -0.503 e. The van der Waals surface area contributed by atoms with E-state index in [1.807, 2.05) is 0 Å². The molecule has 0 spiro atoms. The van der Waals surface area contributed by atoms with Crippen molar-refractivity contribution in [2.45, 2.75) is 53.2 Å². The smallest absolute Gasteiger partial charge is 0.310 e. The van der Waals surface area contributed by atoms with Crippen molar-refractivity contribution < 1.29 is 24.2 Å². The number of amides is 1. The molecule has 1 aromatic carbocycles. The predicted molar refractivity (Wildman–Crippen MR) is 120 cm³/mol. The SMILES string of the molecule is CC(C)OC(=O)Cc1ccc(N2C(=O)C(O)=C(C(=O)C(C)(C)C)C2c2cccnc2)cc1. The lowest BCUT2D eigenvalue weighted by molar-refractivity contribution is -0.146. The number of ether oxygens (including phenoxy) is 1. The molecule has 2 heterocycles. The number of aromatic nitrogens is 1. The van der Waals surface area contributed by atoms with Gasteiger partial charge in [-0.2, -0.15) is 0 Å². The summed E-state index contributed by atoms with van der Waals surface area (Å²) in [7, 11) is 0. The molecule has 7 nitrogen and oxygen atoms in total. The van der Waals surface area contributed by atoms with Crippen LogP contribution in [0.2, 0.25) is 0 Å². The van der Waals surface area contributed by atoms with Crippen molar-refractivity contribution in [1.29, 1.82) is 0 Å². The van der Waals surface area contributed by atoms with E-state index >= 15 is 0 Å². The number of hydrogen-bond acceptors (Lipinski definition) is 6. The number of hydrogen-bond donors (Lipinski definition) is 1. The van der Waals surface area contributed by atoms with Crippen LogP contribution in [0.3, 0.4) is 0 Å². The second-order valence-corrected chi connectivity index (χ2v) is 9.09. The summed E-state index contributed by atoms with van der Waals surface area (Å²) in [6, 6.07) is 9.52. The number of Topliss-reactive ketones (excluding diaryl/α,β-unsaturated/α-hetero) is 1. The first kappa shape index (κ1) is 23.2. The maximum absolute atomic E-state index is 13.2. The largest absolute Gasteiger partial charge is 0.503 e. The molecule has 168 valence electrons. The summed E-state index contributed by atoms with van der Waals surface area (Å²) in [6.45, 7) is 8.80. The number of nitrogens with zero attached hydrogens (tertiary/aromatic N) is 2. The first-order valence-corrected chi connectivity index (χ1v) is 10.5.